The number of amides is 2. The van der Waals surface area contributed by atoms with Crippen molar-refractivity contribution >= 4 is 33.3 Å². The number of halogens is 1. The van der Waals surface area contributed by atoms with E-state index in [1.54, 1.807) is 29.5 Å². The molecular weight excluding hydrogens is 388 g/mol. The number of carbonyl (C=O) groups excluding carboxylic acids is 1. The summed E-state index contributed by atoms with van der Waals surface area (Å²) in [6.45, 7) is 0.557. The normalized spacial score (nSPS) is 11.9. The zero-order chi connectivity index (χ0) is 16.9. The highest BCUT2D eigenvalue weighted by molar-refractivity contribution is 9.11. The fraction of sp³-hybridized carbons (Fsp3) is 0.167. The first-order valence-electron chi connectivity index (χ1n) is 7.47. The molecular formula is C18H17BrN2O2S. The summed E-state index contributed by atoms with van der Waals surface area (Å²) in [6.07, 6.45) is 1.62. The van der Waals surface area contributed by atoms with E-state index in [1.807, 2.05) is 54.6 Å². The molecule has 1 unspecified atom stereocenters. The maximum Gasteiger partial charge on any atom is 0.318 e. The number of hydrogen-bond donors (Lipinski definition) is 1. The van der Waals surface area contributed by atoms with Crippen LogP contribution in [0.3, 0.4) is 0 Å². The second-order valence-corrected chi connectivity index (χ2v) is 7.92. The number of hydrogen-bond acceptors (Lipinski definition) is 3. The molecule has 6 heteroatoms. The van der Waals surface area contributed by atoms with Crippen molar-refractivity contribution in [3.63, 3.8) is 0 Å². The lowest BCUT2D eigenvalue weighted by atomic mass is 10.0. The number of thiophene rings is 1. The van der Waals surface area contributed by atoms with Gasteiger partial charge in [0.1, 0.15) is 11.8 Å². The van der Waals surface area contributed by atoms with E-state index >= 15 is 0 Å². The molecule has 4 nitrogen and oxygen atoms in total. The highest BCUT2D eigenvalue weighted by Gasteiger charge is 2.21. The van der Waals surface area contributed by atoms with Crippen LogP contribution in [0.15, 0.2) is 69.1 Å². The van der Waals surface area contributed by atoms with E-state index in [0.29, 0.717) is 12.3 Å². The number of furan rings is 1. The molecule has 1 N–H and O–H groups in total. The Balaban J connectivity index is 1.73. The minimum absolute atomic E-state index is 0.148. The highest BCUT2D eigenvalue weighted by atomic mass is 79.9. The Hall–Kier alpha value is -2.05. The third-order valence-electron chi connectivity index (χ3n) is 3.60. The van der Waals surface area contributed by atoms with Crippen molar-refractivity contribution in [3.8, 4) is 0 Å². The first kappa shape index (κ1) is 16.8. The van der Waals surface area contributed by atoms with Crippen LogP contribution in [0.2, 0.25) is 0 Å². The number of benzene rings is 1. The Morgan fingerprint density at radius 3 is 2.62 bits per heavy atom. The van der Waals surface area contributed by atoms with E-state index in [9.17, 15) is 4.79 Å². The number of nitrogens with zero attached hydrogens (tertiary/aromatic N) is 1. The molecule has 0 saturated heterocycles. The molecule has 2 amide bonds. The molecule has 2 aromatic heterocycles. The van der Waals surface area contributed by atoms with Gasteiger partial charge in [-0.2, -0.15) is 0 Å². The third-order valence-corrected chi connectivity index (χ3v) is 5.21. The quantitative estimate of drug-likeness (QED) is 0.647. The lowest BCUT2D eigenvalue weighted by Gasteiger charge is -2.22. The minimum Gasteiger partial charge on any atom is -0.467 e. The van der Waals surface area contributed by atoms with Crippen molar-refractivity contribution in [2.75, 3.05) is 7.05 Å². The SMILES string of the molecule is CN(Cc1ccc(Br)s1)C(=O)NC(c1ccccc1)c1ccco1. The molecule has 0 spiro atoms. The summed E-state index contributed by atoms with van der Waals surface area (Å²) in [5.74, 6) is 0.710. The van der Waals surface area contributed by atoms with Gasteiger partial charge in [0.05, 0.1) is 16.6 Å². The Labute approximate surface area is 153 Å². The van der Waals surface area contributed by atoms with E-state index in [-0.39, 0.29) is 12.1 Å². The molecule has 0 aliphatic heterocycles. The van der Waals surface area contributed by atoms with Crippen molar-refractivity contribution < 1.29 is 9.21 Å². The second kappa shape index (κ2) is 7.68. The Morgan fingerprint density at radius 1 is 1.21 bits per heavy atom. The summed E-state index contributed by atoms with van der Waals surface area (Å²) < 4.78 is 6.57. The molecule has 3 rings (SSSR count). The molecule has 1 aromatic carbocycles. The van der Waals surface area contributed by atoms with Crippen molar-refractivity contribution in [1.29, 1.82) is 0 Å². The molecule has 1 atom stereocenters. The first-order valence-corrected chi connectivity index (χ1v) is 9.08. The molecule has 0 bridgehead atoms. The van der Waals surface area contributed by atoms with Crippen LogP contribution in [0.5, 0.6) is 0 Å². The first-order chi connectivity index (χ1) is 11.6. The van der Waals surface area contributed by atoms with Crippen LogP contribution in [-0.2, 0) is 6.54 Å². The molecule has 0 saturated carbocycles. The average molecular weight is 405 g/mol. The summed E-state index contributed by atoms with van der Waals surface area (Å²) >= 11 is 5.07. The summed E-state index contributed by atoms with van der Waals surface area (Å²) in [5, 5.41) is 3.05. The fourth-order valence-corrected chi connectivity index (χ4v) is 3.93. The van der Waals surface area contributed by atoms with Gasteiger partial charge >= 0.3 is 6.03 Å². The molecule has 3 aromatic rings. The summed E-state index contributed by atoms with van der Waals surface area (Å²) in [7, 11) is 1.78. The fourth-order valence-electron chi connectivity index (χ4n) is 2.40. The van der Waals surface area contributed by atoms with E-state index in [4.69, 9.17) is 4.42 Å². The number of nitrogens with one attached hydrogen (secondary N) is 1. The van der Waals surface area contributed by atoms with E-state index in [1.165, 1.54) is 0 Å². The predicted molar refractivity (Wildman–Crippen MR) is 99.0 cm³/mol. The van der Waals surface area contributed by atoms with Gasteiger partial charge in [-0.25, -0.2) is 4.79 Å². The van der Waals surface area contributed by atoms with Gasteiger partial charge in [0.2, 0.25) is 0 Å². The van der Waals surface area contributed by atoms with Crippen LogP contribution in [-0.4, -0.2) is 18.0 Å². The van der Waals surface area contributed by atoms with Gasteiger partial charge < -0.3 is 14.6 Å². The van der Waals surface area contributed by atoms with Gasteiger partial charge in [0.15, 0.2) is 0 Å². The molecule has 0 radical (unpaired) electrons. The molecule has 24 heavy (non-hydrogen) atoms. The topological polar surface area (TPSA) is 45.5 Å². The predicted octanol–water partition coefficient (Wildman–Crippen LogP) is 5.03. The number of rotatable bonds is 5. The van der Waals surface area contributed by atoms with Gasteiger partial charge in [-0.3, -0.25) is 0 Å². The van der Waals surface area contributed by atoms with Gasteiger partial charge in [0.25, 0.3) is 0 Å². The molecule has 0 aliphatic carbocycles. The largest absolute Gasteiger partial charge is 0.467 e. The van der Waals surface area contributed by atoms with Crippen LogP contribution >= 0.6 is 27.3 Å². The lowest BCUT2D eigenvalue weighted by Crippen LogP contribution is -2.39. The van der Waals surface area contributed by atoms with Gasteiger partial charge in [0, 0.05) is 11.9 Å². The van der Waals surface area contributed by atoms with Crippen molar-refractivity contribution in [2.24, 2.45) is 0 Å². The highest BCUT2D eigenvalue weighted by Crippen LogP contribution is 2.24. The van der Waals surface area contributed by atoms with E-state index in [0.717, 1.165) is 14.2 Å². The third kappa shape index (κ3) is 4.07. The lowest BCUT2D eigenvalue weighted by molar-refractivity contribution is 0.203. The Kier molecular flexibility index (Phi) is 5.37. The van der Waals surface area contributed by atoms with Crippen LogP contribution < -0.4 is 5.32 Å². The Morgan fingerprint density at radius 2 is 2.00 bits per heavy atom. The number of urea groups is 1. The van der Waals surface area contributed by atoms with E-state index < -0.39 is 0 Å². The van der Waals surface area contributed by atoms with Crippen molar-refractivity contribution in [3.05, 3.63) is 80.8 Å². The zero-order valence-corrected chi connectivity index (χ0v) is 15.5. The zero-order valence-electron chi connectivity index (χ0n) is 13.1. The minimum atomic E-state index is -0.314. The van der Waals surface area contributed by atoms with Crippen LogP contribution in [0, 0.1) is 0 Å². The van der Waals surface area contributed by atoms with Crippen LogP contribution in [0.1, 0.15) is 22.2 Å². The smallest absolute Gasteiger partial charge is 0.318 e. The molecule has 0 fully saturated rings. The van der Waals surface area contributed by atoms with Crippen molar-refractivity contribution in [1.82, 2.24) is 10.2 Å². The maximum atomic E-state index is 12.6. The average Bonchev–Trinajstić information content (AvgIpc) is 3.25. The molecule has 2 heterocycles. The number of carbonyl (C=O) groups is 1. The second-order valence-electron chi connectivity index (χ2n) is 5.37. The summed E-state index contributed by atoms with van der Waals surface area (Å²) in [4.78, 5) is 15.4. The Bertz CT molecular complexity index is 786. The molecule has 0 aliphatic rings. The molecule has 124 valence electrons. The monoisotopic (exact) mass is 404 g/mol. The van der Waals surface area contributed by atoms with Crippen LogP contribution in [0.25, 0.3) is 0 Å². The van der Waals surface area contributed by atoms with Crippen molar-refractivity contribution in [2.45, 2.75) is 12.6 Å². The summed E-state index contributed by atoms with van der Waals surface area (Å²) in [6, 6.07) is 17.0. The van der Waals surface area contributed by atoms with Gasteiger partial charge in [-0.05, 0) is 45.8 Å². The maximum absolute atomic E-state index is 12.6. The summed E-state index contributed by atoms with van der Waals surface area (Å²) in [5.41, 5.74) is 0.980. The van der Waals surface area contributed by atoms with Gasteiger partial charge in [-0.1, -0.05) is 30.3 Å². The van der Waals surface area contributed by atoms with Crippen LogP contribution in [0.4, 0.5) is 4.79 Å². The standard InChI is InChI=1S/C18H17BrN2O2S/c1-21(12-14-9-10-16(19)24-14)18(22)20-17(15-8-5-11-23-15)13-6-3-2-4-7-13/h2-11,17H,12H2,1H3,(H,20,22). The van der Waals surface area contributed by atoms with Gasteiger partial charge in [-0.15, -0.1) is 11.3 Å². The van der Waals surface area contributed by atoms with E-state index in [2.05, 4.69) is 21.2 Å².